The molecule has 0 N–H and O–H groups in total. The molecule has 6 nitrogen and oxygen atoms in total. The van der Waals surface area contributed by atoms with Crippen LogP contribution in [0.15, 0.2) is 29.1 Å². The van der Waals surface area contributed by atoms with Crippen LogP contribution in [0.25, 0.3) is 12.2 Å². The number of aromatic nitrogens is 1. The van der Waals surface area contributed by atoms with E-state index in [4.69, 9.17) is 4.74 Å². The van der Waals surface area contributed by atoms with Gasteiger partial charge in [0.2, 0.25) is 5.91 Å². The van der Waals surface area contributed by atoms with Gasteiger partial charge in [0, 0.05) is 13.1 Å². The maximum Gasteiger partial charge on any atom is 0.416 e. The zero-order valence-corrected chi connectivity index (χ0v) is 19.2. The number of carbonyl (C=O) groups is 2. The molecule has 2 heterocycles. The van der Waals surface area contributed by atoms with Crippen LogP contribution in [0.2, 0.25) is 0 Å². The number of halogens is 3. The molecule has 33 heavy (non-hydrogen) atoms. The van der Waals surface area contributed by atoms with Gasteiger partial charge in [-0.05, 0) is 49.5 Å². The van der Waals surface area contributed by atoms with Crippen LogP contribution in [0.4, 0.5) is 13.2 Å². The molecular weight excluding hydrogens is 457 g/mol. The van der Waals surface area contributed by atoms with Crippen molar-refractivity contribution >= 4 is 35.4 Å². The van der Waals surface area contributed by atoms with Gasteiger partial charge in [0.15, 0.2) is 0 Å². The van der Waals surface area contributed by atoms with Crippen LogP contribution in [0.3, 0.4) is 0 Å². The minimum absolute atomic E-state index is 0.153. The summed E-state index contributed by atoms with van der Waals surface area (Å²) in [4.78, 5) is 39.6. The minimum atomic E-state index is -4.46. The molecule has 1 saturated heterocycles. The lowest BCUT2D eigenvalue weighted by Gasteiger charge is -2.30. The summed E-state index contributed by atoms with van der Waals surface area (Å²) < 4.78 is 45.0. The first-order valence-corrected chi connectivity index (χ1v) is 11.4. The summed E-state index contributed by atoms with van der Waals surface area (Å²) in [6, 6.07) is 4.40. The lowest BCUT2D eigenvalue weighted by molar-refractivity contribution is -0.137. The highest BCUT2D eigenvalue weighted by Gasteiger charge is 2.29. The molecule has 0 bridgehead atoms. The summed E-state index contributed by atoms with van der Waals surface area (Å²) in [7, 11) is 0. The third-order valence-corrected chi connectivity index (χ3v) is 6.49. The van der Waals surface area contributed by atoms with Crippen LogP contribution < -0.4 is 14.8 Å². The molecule has 1 aliphatic heterocycles. The van der Waals surface area contributed by atoms with Crippen LogP contribution in [0, 0.1) is 5.92 Å². The minimum Gasteiger partial charge on any atom is -0.463 e. The number of hydrogen-bond donors (Lipinski definition) is 0. The van der Waals surface area contributed by atoms with E-state index in [2.05, 4.69) is 6.92 Å². The highest BCUT2D eigenvalue weighted by molar-refractivity contribution is 7.07. The largest absolute Gasteiger partial charge is 0.463 e. The third-order valence-electron chi connectivity index (χ3n) is 5.43. The van der Waals surface area contributed by atoms with E-state index in [0.717, 1.165) is 42.4 Å². The SMILES string of the molecule is CCOC(=O)/C=c1\s/c(=C/c2ccc(C(F)(F)F)cc2)c(=O)n1CC(=O)N1CCC(C)CC1. The Morgan fingerprint density at radius 2 is 1.82 bits per heavy atom. The number of likely N-dealkylation sites (tertiary alicyclic amines) is 1. The lowest BCUT2D eigenvalue weighted by Crippen LogP contribution is -2.43. The quantitative estimate of drug-likeness (QED) is 0.614. The maximum absolute atomic E-state index is 13.0. The van der Waals surface area contributed by atoms with E-state index < -0.39 is 23.3 Å². The van der Waals surface area contributed by atoms with Crippen molar-refractivity contribution in [2.24, 2.45) is 5.92 Å². The maximum atomic E-state index is 13.0. The van der Waals surface area contributed by atoms with Crippen LogP contribution in [-0.4, -0.2) is 41.0 Å². The van der Waals surface area contributed by atoms with E-state index in [1.165, 1.54) is 22.8 Å². The van der Waals surface area contributed by atoms with Gasteiger partial charge in [0.25, 0.3) is 5.56 Å². The molecule has 178 valence electrons. The Morgan fingerprint density at radius 1 is 1.18 bits per heavy atom. The Labute approximate surface area is 192 Å². The summed E-state index contributed by atoms with van der Waals surface area (Å²) in [6.07, 6.45) is -0.0783. The first-order valence-electron chi connectivity index (χ1n) is 10.6. The molecule has 0 radical (unpaired) electrons. The standard InChI is InChI=1S/C23H25F3N2O4S/c1-3-32-21(30)13-20-28(14-19(29)27-10-8-15(2)9-11-27)22(31)18(33-20)12-16-4-6-17(7-5-16)23(24,25)26/h4-7,12-13,15H,3,8-11,14H2,1-2H3/b18-12+,20-13-. The Balaban J connectivity index is 1.98. The average Bonchev–Trinajstić information content (AvgIpc) is 3.02. The van der Waals surface area contributed by atoms with Gasteiger partial charge in [0.05, 0.1) is 22.8 Å². The van der Waals surface area contributed by atoms with Gasteiger partial charge in [-0.2, -0.15) is 13.2 Å². The van der Waals surface area contributed by atoms with E-state index in [-0.39, 0.29) is 28.3 Å². The highest BCUT2D eigenvalue weighted by Crippen LogP contribution is 2.29. The predicted octanol–water partition coefficient (Wildman–Crippen LogP) is 2.36. The van der Waals surface area contributed by atoms with Gasteiger partial charge in [-0.15, -0.1) is 11.3 Å². The van der Waals surface area contributed by atoms with E-state index in [1.807, 2.05) is 0 Å². The van der Waals surface area contributed by atoms with Crippen molar-refractivity contribution in [2.45, 2.75) is 39.4 Å². The average molecular weight is 483 g/mol. The molecule has 1 amide bonds. The second kappa shape index (κ2) is 10.4. The van der Waals surface area contributed by atoms with Crippen LogP contribution >= 0.6 is 11.3 Å². The molecular formula is C23H25F3N2O4S. The number of piperidine rings is 1. The zero-order chi connectivity index (χ0) is 24.2. The second-order valence-corrected chi connectivity index (χ2v) is 8.98. The fraction of sp³-hybridized carbons (Fsp3) is 0.435. The molecule has 0 atom stereocenters. The Hall–Kier alpha value is -2.88. The third kappa shape index (κ3) is 6.34. The fourth-order valence-corrected chi connectivity index (χ4v) is 4.52. The van der Waals surface area contributed by atoms with Crippen molar-refractivity contribution in [1.29, 1.82) is 0 Å². The van der Waals surface area contributed by atoms with Crippen molar-refractivity contribution in [2.75, 3.05) is 19.7 Å². The number of carbonyl (C=O) groups excluding carboxylic acids is 2. The molecule has 1 aromatic carbocycles. The molecule has 0 aliphatic carbocycles. The number of nitrogens with zero attached hydrogens (tertiary/aromatic N) is 2. The fourth-order valence-electron chi connectivity index (χ4n) is 3.49. The molecule has 3 rings (SSSR count). The molecule has 1 aliphatic rings. The number of thiazole rings is 1. The number of rotatable bonds is 5. The molecule has 0 unspecified atom stereocenters. The Morgan fingerprint density at radius 3 is 2.39 bits per heavy atom. The Bertz CT molecular complexity index is 1170. The Kier molecular flexibility index (Phi) is 7.78. The smallest absolute Gasteiger partial charge is 0.416 e. The predicted molar refractivity (Wildman–Crippen MR) is 119 cm³/mol. The normalized spacial score (nSPS) is 16.3. The van der Waals surface area contributed by atoms with Gasteiger partial charge < -0.3 is 9.64 Å². The summed E-state index contributed by atoms with van der Waals surface area (Å²) in [5.74, 6) is -0.329. The molecule has 1 fully saturated rings. The number of alkyl halides is 3. The summed E-state index contributed by atoms with van der Waals surface area (Å²) >= 11 is 0.979. The van der Waals surface area contributed by atoms with Crippen LogP contribution in [0.5, 0.6) is 0 Å². The van der Waals surface area contributed by atoms with Crippen LogP contribution in [0.1, 0.15) is 37.8 Å². The molecule has 0 saturated carbocycles. The highest BCUT2D eigenvalue weighted by atomic mass is 32.1. The van der Waals surface area contributed by atoms with E-state index >= 15 is 0 Å². The van der Waals surface area contributed by atoms with Gasteiger partial charge in [-0.25, -0.2) is 4.79 Å². The van der Waals surface area contributed by atoms with Crippen LogP contribution in [-0.2, 0) is 27.0 Å². The lowest BCUT2D eigenvalue weighted by atomic mass is 9.99. The molecule has 2 aromatic rings. The van der Waals surface area contributed by atoms with Crippen molar-refractivity contribution in [3.8, 4) is 0 Å². The summed E-state index contributed by atoms with van der Waals surface area (Å²) in [5, 5.41) is 0. The van der Waals surface area contributed by atoms with E-state index in [1.54, 1.807) is 11.8 Å². The first-order chi connectivity index (χ1) is 15.6. The van der Waals surface area contributed by atoms with Crippen molar-refractivity contribution in [1.82, 2.24) is 9.47 Å². The molecule has 0 spiro atoms. The van der Waals surface area contributed by atoms with Crippen molar-refractivity contribution in [3.63, 3.8) is 0 Å². The van der Waals surface area contributed by atoms with E-state index in [9.17, 15) is 27.6 Å². The van der Waals surface area contributed by atoms with Gasteiger partial charge in [-0.1, -0.05) is 19.1 Å². The number of amides is 1. The van der Waals surface area contributed by atoms with Gasteiger partial charge >= 0.3 is 12.1 Å². The molecule has 1 aromatic heterocycles. The van der Waals surface area contributed by atoms with Gasteiger partial charge in [-0.3, -0.25) is 14.2 Å². The van der Waals surface area contributed by atoms with Gasteiger partial charge in [0.1, 0.15) is 11.2 Å². The number of hydrogen-bond acceptors (Lipinski definition) is 5. The molecule has 10 heteroatoms. The first kappa shape index (κ1) is 24.8. The summed E-state index contributed by atoms with van der Waals surface area (Å²) in [5.41, 5.74) is -0.886. The number of esters is 1. The van der Waals surface area contributed by atoms with E-state index in [0.29, 0.717) is 24.6 Å². The monoisotopic (exact) mass is 482 g/mol. The number of benzene rings is 1. The van der Waals surface area contributed by atoms with Crippen molar-refractivity contribution < 1.29 is 27.5 Å². The number of ether oxygens (including phenoxy) is 1. The van der Waals surface area contributed by atoms with Crippen molar-refractivity contribution in [3.05, 3.63) is 54.9 Å². The topological polar surface area (TPSA) is 68.6 Å². The second-order valence-electron chi connectivity index (χ2n) is 7.92. The summed E-state index contributed by atoms with van der Waals surface area (Å²) in [6.45, 7) is 4.93. The zero-order valence-electron chi connectivity index (χ0n) is 18.4.